The molecule has 0 aliphatic heterocycles. The van der Waals surface area contributed by atoms with Gasteiger partial charge in [-0.2, -0.15) is 0 Å². The van der Waals surface area contributed by atoms with E-state index in [9.17, 15) is 5.11 Å². The van der Waals surface area contributed by atoms with Crippen LogP contribution >= 0.6 is 0 Å². The van der Waals surface area contributed by atoms with Crippen molar-refractivity contribution in [3.8, 4) is 17.0 Å². The monoisotopic (exact) mass is 363 g/mol. The maximum absolute atomic E-state index is 10.3. The third-order valence-electron chi connectivity index (χ3n) is 4.06. The number of hydrogen-bond acceptors (Lipinski definition) is 5. The fourth-order valence-corrected chi connectivity index (χ4v) is 2.59. The molecule has 0 unspecified atom stereocenters. The molecule has 0 fully saturated rings. The first kappa shape index (κ1) is 18.9. The van der Waals surface area contributed by atoms with Gasteiger partial charge in [-0.15, -0.1) is 0 Å². The van der Waals surface area contributed by atoms with Crippen molar-refractivity contribution >= 4 is 5.82 Å². The number of nitrogens with one attached hydrogen (secondary N) is 1. The number of rotatable bonds is 8. The van der Waals surface area contributed by atoms with E-state index in [-0.39, 0.29) is 0 Å². The Labute approximate surface area is 160 Å². The number of aliphatic hydroxyl groups is 1. The number of ether oxygens (including phenoxy) is 1. The van der Waals surface area contributed by atoms with Crippen molar-refractivity contribution in [1.82, 2.24) is 9.97 Å². The Morgan fingerprint density at radius 3 is 2.44 bits per heavy atom. The lowest BCUT2D eigenvalue weighted by molar-refractivity contribution is 0.191. The highest BCUT2D eigenvalue weighted by Crippen LogP contribution is 2.22. The number of hydrogen-bond donors (Lipinski definition) is 2. The normalized spacial score (nSPS) is 12.0. The van der Waals surface area contributed by atoms with Crippen molar-refractivity contribution in [2.75, 3.05) is 18.5 Å². The summed E-state index contributed by atoms with van der Waals surface area (Å²) < 4.78 is 5.72. The predicted molar refractivity (Wildman–Crippen MR) is 108 cm³/mol. The highest BCUT2D eigenvalue weighted by Gasteiger charge is 2.08. The number of aliphatic hydroxyl groups excluding tert-OH is 1. The Hall–Kier alpha value is -2.92. The van der Waals surface area contributed by atoms with Crippen LogP contribution in [-0.4, -0.2) is 28.2 Å². The van der Waals surface area contributed by atoms with Gasteiger partial charge in [0.25, 0.3) is 0 Å². The maximum Gasteiger partial charge on any atom is 0.130 e. The van der Waals surface area contributed by atoms with Crippen LogP contribution in [0.15, 0.2) is 67.0 Å². The Morgan fingerprint density at radius 1 is 1.00 bits per heavy atom. The minimum atomic E-state index is -0.595. The number of anilines is 1. The van der Waals surface area contributed by atoms with Crippen molar-refractivity contribution in [2.45, 2.75) is 20.0 Å². The molecule has 0 aliphatic rings. The molecule has 140 valence electrons. The standard InChI is InChI=1S/C22H25N3O2/c1-16(2)14-27-19-10-8-17(9-11-19)20-12-22(25-15-24-20)23-13-21(26)18-6-4-3-5-7-18/h3-12,15-16,21,26H,13-14H2,1-2H3,(H,23,24,25)/t21-/m0/s1. The van der Waals surface area contributed by atoms with Crippen LogP contribution in [0.5, 0.6) is 5.75 Å². The molecule has 0 bridgehead atoms. The zero-order chi connectivity index (χ0) is 19.1. The molecule has 0 spiro atoms. The van der Waals surface area contributed by atoms with Gasteiger partial charge in [-0.25, -0.2) is 9.97 Å². The van der Waals surface area contributed by atoms with Crippen molar-refractivity contribution in [1.29, 1.82) is 0 Å². The molecule has 0 saturated heterocycles. The van der Waals surface area contributed by atoms with Crippen molar-refractivity contribution < 1.29 is 9.84 Å². The maximum atomic E-state index is 10.3. The highest BCUT2D eigenvalue weighted by atomic mass is 16.5. The number of benzene rings is 2. The molecule has 0 radical (unpaired) electrons. The Kier molecular flexibility index (Phi) is 6.39. The summed E-state index contributed by atoms with van der Waals surface area (Å²) >= 11 is 0. The molecule has 5 heteroatoms. The van der Waals surface area contributed by atoms with Gasteiger partial charge in [-0.05, 0) is 35.7 Å². The molecule has 5 nitrogen and oxygen atoms in total. The Bertz CT molecular complexity index is 836. The van der Waals surface area contributed by atoms with Crippen molar-refractivity contribution in [2.24, 2.45) is 5.92 Å². The summed E-state index contributed by atoms with van der Waals surface area (Å²) in [6.45, 7) is 5.32. The van der Waals surface area contributed by atoms with Gasteiger partial charge in [0.2, 0.25) is 0 Å². The molecule has 1 aromatic heterocycles. The van der Waals surface area contributed by atoms with Crippen molar-refractivity contribution in [3.63, 3.8) is 0 Å². The van der Waals surface area contributed by atoms with E-state index in [0.717, 1.165) is 22.6 Å². The Balaban J connectivity index is 1.63. The third-order valence-corrected chi connectivity index (χ3v) is 4.06. The first-order valence-electron chi connectivity index (χ1n) is 9.14. The van der Waals surface area contributed by atoms with Gasteiger partial charge in [0.1, 0.15) is 17.9 Å². The molecule has 1 atom stereocenters. The van der Waals surface area contributed by atoms with Gasteiger partial charge >= 0.3 is 0 Å². The molecular weight excluding hydrogens is 338 g/mol. The first-order chi connectivity index (χ1) is 13.1. The van der Waals surface area contributed by atoms with Crippen molar-refractivity contribution in [3.05, 3.63) is 72.6 Å². The topological polar surface area (TPSA) is 67.3 Å². The molecule has 3 rings (SSSR count). The van der Waals surface area contributed by atoms with E-state index in [1.54, 1.807) is 0 Å². The molecule has 0 amide bonds. The summed E-state index contributed by atoms with van der Waals surface area (Å²) in [5.74, 6) is 2.02. The summed E-state index contributed by atoms with van der Waals surface area (Å²) in [6, 6.07) is 19.3. The largest absolute Gasteiger partial charge is 0.493 e. The van der Waals surface area contributed by atoms with Crippen LogP contribution in [0, 0.1) is 5.92 Å². The number of nitrogens with zero attached hydrogens (tertiary/aromatic N) is 2. The van der Waals surface area contributed by atoms with E-state index >= 15 is 0 Å². The third kappa shape index (κ3) is 5.53. The second kappa shape index (κ2) is 9.14. The molecule has 3 aromatic rings. The van der Waals surface area contributed by atoms with E-state index < -0.39 is 6.10 Å². The molecule has 2 aromatic carbocycles. The molecular formula is C22H25N3O2. The molecule has 0 aliphatic carbocycles. The zero-order valence-electron chi connectivity index (χ0n) is 15.7. The SMILES string of the molecule is CC(C)COc1ccc(-c2cc(NC[C@H](O)c3ccccc3)ncn2)cc1. The van der Waals surface area contributed by atoms with Crippen LogP contribution < -0.4 is 10.1 Å². The smallest absolute Gasteiger partial charge is 0.130 e. The van der Waals surface area contributed by atoms with Gasteiger partial charge in [-0.1, -0.05) is 44.2 Å². The van der Waals surface area contributed by atoms with Gasteiger partial charge in [0.05, 0.1) is 18.4 Å². The van der Waals surface area contributed by atoms with Crippen LogP contribution in [-0.2, 0) is 0 Å². The average molecular weight is 363 g/mol. The molecule has 0 saturated carbocycles. The fraction of sp³-hybridized carbons (Fsp3) is 0.273. The molecule has 27 heavy (non-hydrogen) atoms. The molecule has 1 heterocycles. The zero-order valence-corrected chi connectivity index (χ0v) is 15.7. The van der Waals surface area contributed by atoms with E-state index in [0.29, 0.717) is 24.9 Å². The minimum absolute atomic E-state index is 0.377. The van der Waals surface area contributed by atoms with Crippen LogP contribution in [0.2, 0.25) is 0 Å². The van der Waals surface area contributed by atoms with Gasteiger partial charge in [0.15, 0.2) is 0 Å². The predicted octanol–water partition coefficient (Wildman–Crippen LogP) is 4.32. The second-order valence-corrected chi connectivity index (χ2v) is 6.83. The lowest BCUT2D eigenvalue weighted by Gasteiger charge is -2.13. The van der Waals surface area contributed by atoms with Crippen LogP contribution in [0.3, 0.4) is 0 Å². The lowest BCUT2D eigenvalue weighted by atomic mass is 10.1. The van der Waals surface area contributed by atoms with Gasteiger partial charge in [-0.3, -0.25) is 0 Å². The average Bonchev–Trinajstić information content (AvgIpc) is 2.71. The van der Waals surface area contributed by atoms with E-state index in [2.05, 4.69) is 29.1 Å². The minimum Gasteiger partial charge on any atom is -0.493 e. The van der Waals surface area contributed by atoms with Gasteiger partial charge in [0, 0.05) is 18.2 Å². The fourth-order valence-electron chi connectivity index (χ4n) is 2.59. The highest BCUT2D eigenvalue weighted by molar-refractivity contribution is 5.62. The number of aromatic nitrogens is 2. The van der Waals surface area contributed by atoms with E-state index in [4.69, 9.17) is 4.74 Å². The Morgan fingerprint density at radius 2 is 1.74 bits per heavy atom. The lowest BCUT2D eigenvalue weighted by Crippen LogP contribution is -2.13. The quantitative estimate of drug-likeness (QED) is 0.624. The summed E-state index contributed by atoms with van der Waals surface area (Å²) in [5.41, 5.74) is 2.68. The first-order valence-corrected chi connectivity index (χ1v) is 9.14. The van der Waals surface area contributed by atoms with Crippen LogP contribution in [0.4, 0.5) is 5.82 Å². The van der Waals surface area contributed by atoms with Crippen LogP contribution in [0.1, 0.15) is 25.5 Å². The van der Waals surface area contributed by atoms with E-state index in [1.165, 1.54) is 6.33 Å². The summed E-state index contributed by atoms with van der Waals surface area (Å²) in [4.78, 5) is 8.58. The van der Waals surface area contributed by atoms with Crippen LogP contribution in [0.25, 0.3) is 11.3 Å². The second-order valence-electron chi connectivity index (χ2n) is 6.83. The van der Waals surface area contributed by atoms with Gasteiger partial charge < -0.3 is 15.2 Å². The molecule has 2 N–H and O–H groups in total. The summed E-state index contributed by atoms with van der Waals surface area (Å²) in [5, 5.41) is 13.4. The summed E-state index contributed by atoms with van der Waals surface area (Å²) in [6.07, 6.45) is 0.928. The summed E-state index contributed by atoms with van der Waals surface area (Å²) in [7, 11) is 0. The van der Waals surface area contributed by atoms with E-state index in [1.807, 2.05) is 60.7 Å².